The van der Waals surface area contributed by atoms with Gasteiger partial charge in [0.25, 0.3) is 11.6 Å². The van der Waals surface area contributed by atoms with Crippen molar-refractivity contribution in [2.24, 2.45) is 10.2 Å². The maximum atomic E-state index is 12.2. The quantitative estimate of drug-likeness (QED) is 0.150. The minimum Gasteiger partial charge on any atom is -0.744 e. The number of amides is 1. The maximum absolute atomic E-state index is 12.2. The Labute approximate surface area is 187 Å². The van der Waals surface area contributed by atoms with E-state index in [0.29, 0.717) is 11.8 Å². The minimum absolute atomic E-state index is 0. The normalized spacial score (nSPS) is 12.1. The second-order valence-electron chi connectivity index (χ2n) is 5.45. The summed E-state index contributed by atoms with van der Waals surface area (Å²) in [7, 11) is -4.91. The largest absolute Gasteiger partial charge is 1.00 e. The molecular weight excluding hydrogens is 415 g/mol. The van der Waals surface area contributed by atoms with Gasteiger partial charge in [-0.3, -0.25) is 19.7 Å². The average Bonchev–Trinajstić information content (AvgIpc) is 2.61. The van der Waals surface area contributed by atoms with Gasteiger partial charge in [-0.1, -0.05) is 18.2 Å². The number of rotatable bonds is 7. The number of nitro groups is 1. The fraction of sp³-hybridized carbons (Fsp3) is 0.125. The summed E-state index contributed by atoms with van der Waals surface area (Å²) >= 11 is 0. The van der Waals surface area contributed by atoms with Gasteiger partial charge in [-0.05, 0) is 31.2 Å². The second kappa shape index (κ2) is 10.3. The first-order valence-corrected chi connectivity index (χ1v) is 9.02. The summed E-state index contributed by atoms with van der Waals surface area (Å²) in [5.74, 6) is -1.47. The molecule has 13 heteroatoms. The van der Waals surface area contributed by atoms with Crippen molar-refractivity contribution in [2.75, 3.05) is 5.32 Å². The zero-order valence-corrected chi connectivity index (χ0v) is 18.1. The first-order valence-electron chi connectivity index (χ1n) is 7.61. The van der Waals surface area contributed by atoms with Crippen LogP contribution in [0.15, 0.2) is 63.7 Å². The predicted molar refractivity (Wildman–Crippen MR) is 95.1 cm³/mol. The van der Waals surface area contributed by atoms with Crippen LogP contribution in [0.5, 0.6) is 0 Å². The summed E-state index contributed by atoms with van der Waals surface area (Å²) in [6, 6.07) is 8.87. The van der Waals surface area contributed by atoms with E-state index in [2.05, 4.69) is 15.5 Å². The average molecular weight is 428 g/mol. The van der Waals surface area contributed by atoms with Crippen molar-refractivity contribution in [1.82, 2.24) is 0 Å². The van der Waals surface area contributed by atoms with E-state index < -0.39 is 49.0 Å². The van der Waals surface area contributed by atoms with Crippen molar-refractivity contribution >= 4 is 38.9 Å². The summed E-state index contributed by atoms with van der Waals surface area (Å²) in [6.07, 6.45) is 0. The summed E-state index contributed by atoms with van der Waals surface area (Å²) in [6.45, 7) is 1.09. The fourth-order valence-electron chi connectivity index (χ4n) is 2.06. The molecule has 0 heterocycles. The van der Waals surface area contributed by atoms with Crippen LogP contribution in [0.4, 0.5) is 17.1 Å². The summed E-state index contributed by atoms with van der Waals surface area (Å²) in [5, 5.41) is 20.7. The Kier molecular flexibility index (Phi) is 8.73. The Morgan fingerprint density at radius 2 is 1.76 bits per heavy atom. The van der Waals surface area contributed by atoms with Crippen LogP contribution in [0.2, 0.25) is 0 Å². The molecule has 0 saturated heterocycles. The van der Waals surface area contributed by atoms with Crippen molar-refractivity contribution in [3.8, 4) is 0 Å². The number of nitrogens with zero attached hydrogens (tertiary/aromatic N) is 3. The van der Waals surface area contributed by atoms with Crippen LogP contribution in [0.25, 0.3) is 0 Å². The van der Waals surface area contributed by atoms with Gasteiger partial charge in [0.05, 0.1) is 9.82 Å². The minimum atomic E-state index is -4.91. The van der Waals surface area contributed by atoms with Crippen molar-refractivity contribution in [1.29, 1.82) is 0 Å². The number of ketones is 1. The third-order valence-corrected chi connectivity index (χ3v) is 4.22. The molecule has 146 valence electrons. The smallest absolute Gasteiger partial charge is 0.744 e. The molecule has 0 spiro atoms. The number of Topliss-reactive ketones (excluding diaryl/α,β-unsaturated/α-hetero) is 1. The second-order valence-corrected chi connectivity index (χ2v) is 6.83. The summed E-state index contributed by atoms with van der Waals surface area (Å²) < 4.78 is 33.0. The molecule has 29 heavy (non-hydrogen) atoms. The van der Waals surface area contributed by atoms with Gasteiger partial charge in [0.2, 0.25) is 6.04 Å². The number of azo groups is 1. The van der Waals surface area contributed by atoms with Gasteiger partial charge in [0.1, 0.15) is 10.1 Å². The van der Waals surface area contributed by atoms with Crippen molar-refractivity contribution in [3.63, 3.8) is 0 Å². The monoisotopic (exact) mass is 428 g/mol. The van der Waals surface area contributed by atoms with Crippen LogP contribution in [-0.4, -0.2) is 35.6 Å². The number of nitro benzene ring substituents is 1. The first-order chi connectivity index (χ1) is 13.1. The number of nitrogens with one attached hydrogen (secondary N) is 1. The van der Waals surface area contributed by atoms with Gasteiger partial charge in [0, 0.05) is 11.8 Å². The molecule has 11 nitrogen and oxygen atoms in total. The molecule has 1 atom stereocenters. The van der Waals surface area contributed by atoms with Crippen LogP contribution in [0, 0.1) is 10.1 Å². The van der Waals surface area contributed by atoms with Crippen LogP contribution in [0.1, 0.15) is 6.92 Å². The summed E-state index contributed by atoms with van der Waals surface area (Å²) in [4.78, 5) is 33.3. The van der Waals surface area contributed by atoms with Gasteiger partial charge >= 0.3 is 29.6 Å². The van der Waals surface area contributed by atoms with Gasteiger partial charge in [-0.15, -0.1) is 5.11 Å². The zero-order valence-electron chi connectivity index (χ0n) is 15.3. The van der Waals surface area contributed by atoms with Gasteiger partial charge in [-0.2, -0.15) is 5.11 Å². The fourth-order valence-corrected chi connectivity index (χ4v) is 2.55. The molecule has 0 aromatic heterocycles. The van der Waals surface area contributed by atoms with E-state index in [1.165, 1.54) is 0 Å². The van der Waals surface area contributed by atoms with Crippen molar-refractivity contribution < 1.29 is 57.0 Å². The van der Waals surface area contributed by atoms with E-state index >= 15 is 0 Å². The molecule has 2 aromatic carbocycles. The molecule has 0 saturated carbocycles. The van der Waals surface area contributed by atoms with E-state index in [0.717, 1.165) is 19.1 Å². The predicted octanol–water partition coefficient (Wildman–Crippen LogP) is -0.817. The molecule has 0 fully saturated rings. The zero-order chi connectivity index (χ0) is 20.9. The third-order valence-electron chi connectivity index (χ3n) is 3.39. The molecule has 1 amide bonds. The van der Waals surface area contributed by atoms with Crippen LogP contribution in [-0.2, 0) is 19.7 Å². The first kappa shape index (κ1) is 24.5. The maximum Gasteiger partial charge on any atom is 1.00 e. The number of carbonyl (C=O) groups excluding carboxylic acids is 2. The molecule has 1 unspecified atom stereocenters. The van der Waals surface area contributed by atoms with E-state index in [4.69, 9.17) is 0 Å². The molecular formula is C16H13N4NaO7S. The van der Waals surface area contributed by atoms with Gasteiger partial charge in [0.15, 0.2) is 11.5 Å². The Balaban J connectivity index is 0.00000420. The summed E-state index contributed by atoms with van der Waals surface area (Å²) in [5.41, 5.74) is -0.826. The SMILES string of the molecule is CC(=O)C(N=Nc1ccc(S(=O)(=O)[O-])cc1[N+](=O)[O-])C(=O)Nc1ccccc1.[Na+]. The van der Waals surface area contributed by atoms with Crippen LogP contribution < -0.4 is 34.9 Å². The van der Waals surface area contributed by atoms with Crippen LogP contribution in [0.3, 0.4) is 0 Å². The van der Waals surface area contributed by atoms with E-state index in [1.54, 1.807) is 30.3 Å². The van der Waals surface area contributed by atoms with Crippen molar-refractivity contribution in [3.05, 3.63) is 58.6 Å². The van der Waals surface area contributed by atoms with Gasteiger partial charge < -0.3 is 9.87 Å². The molecule has 2 rings (SSSR count). The standard InChI is InChI=1S/C16H14N4O7S.Na/c1-10(21)15(16(22)17-11-5-3-2-4-6-11)19-18-13-8-7-12(28(25,26)27)9-14(13)20(23)24;/h2-9,15H,1H3,(H,17,22)(H,25,26,27);/q;+1/p-1. The van der Waals surface area contributed by atoms with Crippen molar-refractivity contribution in [2.45, 2.75) is 17.9 Å². The third kappa shape index (κ3) is 6.80. The Morgan fingerprint density at radius 3 is 2.28 bits per heavy atom. The molecule has 0 bridgehead atoms. The molecule has 2 aromatic rings. The molecule has 1 N–H and O–H groups in total. The molecule has 0 aliphatic carbocycles. The topological polar surface area (TPSA) is 171 Å². The number of hydrogen-bond donors (Lipinski definition) is 1. The Hall–Kier alpha value is -2.51. The number of carbonyl (C=O) groups is 2. The molecule has 0 aliphatic rings. The van der Waals surface area contributed by atoms with E-state index in [1.807, 2.05) is 0 Å². The van der Waals surface area contributed by atoms with E-state index in [-0.39, 0.29) is 29.6 Å². The van der Waals surface area contributed by atoms with E-state index in [9.17, 15) is 32.7 Å². The molecule has 0 radical (unpaired) electrons. The van der Waals surface area contributed by atoms with Gasteiger partial charge in [-0.25, -0.2) is 8.42 Å². The van der Waals surface area contributed by atoms with Crippen LogP contribution >= 0.6 is 0 Å². The molecule has 0 aliphatic heterocycles. The Morgan fingerprint density at radius 1 is 1.14 bits per heavy atom. The number of anilines is 1. The number of benzene rings is 2. The number of para-hydroxylation sites is 1. The Bertz CT molecular complexity index is 1060. The number of hydrogen-bond acceptors (Lipinski definition) is 9.